The van der Waals surface area contributed by atoms with Crippen molar-refractivity contribution in [2.75, 3.05) is 13.1 Å². The van der Waals surface area contributed by atoms with E-state index in [4.69, 9.17) is 0 Å². The molecule has 0 amide bonds. The molecule has 0 aromatic heterocycles. The van der Waals surface area contributed by atoms with Gasteiger partial charge in [-0.1, -0.05) is 25.1 Å². The highest BCUT2D eigenvalue weighted by molar-refractivity contribution is 5.23. The summed E-state index contributed by atoms with van der Waals surface area (Å²) in [5, 5.41) is 3.33. The first kappa shape index (κ1) is 9.66. The number of rotatable bonds is 1. The van der Waals surface area contributed by atoms with Gasteiger partial charge in [-0.25, -0.2) is 4.39 Å². The molecule has 0 bridgehead atoms. The quantitative estimate of drug-likeness (QED) is 0.722. The Bertz CT molecular complexity index is 311. The van der Waals surface area contributed by atoms with E-state index in [1.165, 1.54) is 0 Å². The van der Waals surface area contributed by atoms with Gasteiger partial charge in [0.15, 0.2) is 0 Å². The van der Waals surface area contributed by atoms with Gasteiger partial charge in [0, 0.05) is 0 Å². The minimum Gasteiger partial charge on any atom is -0.316 e. The molecule has 2 heteroatoms. The highest BCUT2D eigenvalue weighted by Gasteiger charge is 2.24. The molecule has 1 aliphatic heterocycles. The number of piperidine rings is 1. The molecule has 1 nitrogen and oxygen atoms in total. The van der Waals surface area contributed by atoms with E-state index in [0.717, 1.165) is 25.1 Å². The van der Waals surface area contributed by atoms with Crippen LogP contribution in [0.5, 0.6) is 0 Å². The summed E-state index contributed by atoms with van der Waals surface area (Å²) >= 11 is 0. The molecule has 1 aromatic carbocycles. The van der Waals surface area contributed by atoms with Gasteiger partial charge in [-0.3, -0.25) is 0 Å². The number of hydrogen-bond acceptors (Lipinski definition) is 1. The minimum atomic E-state index is -0.0498. The summed E-state index contributed by atoms with van der Waals surface area (Å²) in [6.45, 7) is 4.19. The Labute approximate surface area is 84.3 Å². The van der Waals surface area contributed by atoms with Crippen LogP contribution in [0.3, 0.4) is 0 Å². The molecule has 0 spiro atoms. The molecule has 1 saturated heterocycles. The molecule has 2 atom stereocenters. The molecular formula is C12H16FN. The maximum atomic E-state index is 13.5. The summed E-state index contributed by atoms with van der Waals surface area (Å²) in [5.74, 6) is 0.865. The fourth-order valence-corrected chi connectivity index (χ4v) is 2.25. The molecule has 0 aliphatic carbocycles. The maximum Gasteiger partial charge on any atom is 0.126 e. The number of halogens is 1. The van der Waals surface area contributed by atoms with Gasteiger partial charge in [-0.15, -0.1) is 0 Å². The van der Waals surface area contributed by atoms with Gasteiger partial charge in [0.1, 0.15) is 5.82 Å². The summed E-state index contributed by atoms with van der Waals surface area (Å²) in [6, 6.07) is 7.16. The monoisotopic (exact) mass is 193 g/mol. The predicted octanol–water partition coefficient (Wildman–Crippen LogP) is 2.54. The van der Waals surface area contributed by atoms with Gasteiger partial charge in [-0.2, -0.15) is 0 Å². The fraction of sp³-hybridized carbons (Fsp3) is 0.500. The molecule has 14 heavy (non-hydrogen) atoms. The van der Waals surface area contributed by atoms with Crippen LogP contribution in [-0.2, 0) is 0 Å². The Morgan fingerprint density at radius 1 is 1.36 bits per heavy atom. The van der Waals surface area contributed by atoms with Gasteiger partial charge < -0.3 is 5.32 Å². The van der Waals surface area contributed by atoms with E-state index in [-0.39, 0.29) is 5.82 Å². The van der Waals surface area contributed by atoms with Gasteiger partial charge in [0.2, 0.25) is 0 Å². The highest BCUT2D eigenvalue weighted by atomic mass is 19.1. The zero-order valence-corrected chi connectivity index (χ0v) is 8.46. The predicted molar refractivity (Wildman–Crippen MR) is 55.8 cm³/mol. The van der Waals surface area contributed by atoms with Gasteiger partial charge >= 0.3 is 0 Å². The van der Waals surface area contributed by atoms with E-state index < -0.39 is 0 Å². The Hall–Kier alpha value is -0.890. The standard InChI is InChI=1S/C12H16FN/c1-9-8-14-7-6-10(9)11-4-2-3-5-12(11)13/h2-5,9-10,14H,6-8H2,1H3/t9-,10+/m0/s1. The first-order valence-corrected chi connectivity index (χ1v) is 5.24. The highest BCUT2D eigenvalue weighted by Crippen LogP contribution is 2.31. The van der Waals surface area contributed by atoms with Crippen LogP contribution < -0.4 is 5.32 Å². The second-order valence-corrected chi connectivity index (χ2v) is 4.10. The zero-order valence-electron chi connectivity index (χ0n) is 8.46. The lowest BCUT2D eigenvalue weighted by Gasteiger charge is -2.30. The fourth-order valence-electron chi connectivity index (χ4n) is 2.25. The lowest BCUT2D eigenvalue weighted by molar-refractivity contribution is 0.341. The number of hydrogen-bond donors (Lipinski definition) is 1. The molecule has 1 aliphatic rings. The average molecular weight is 193 g/mol. The van der Waals surface area contributed by atoms with Crippen molar-refractivity contribution in [3.05, 3.63) is 35.6 Å². The van der Waals surface area contributed by atoms with E-state index in [0.29, 0.717) is 11.8 Å². The summed E-state index contributed by atoms with van der Waals surface area (Å²) < 4.78 is 13.5. The molecule has 1 aromatic rings. The van der Waals surface area contributed by atoms with Crippen LogP contribution in [0.4, 0.5) is 4.39 Å². The Kier molecular flexibility index (Phi) is 2.82. The molecule has 1 fully saturated rings. The summed E-state index contributed by atoms with van der Waals surface area (Å²) in [4.78, 5) is 0. The van der Waals surface area contributed by atoms with Crippen molar-refractivity contribution >= 4 is 0 Å². The second kappa shape index (κ2) is 4.09. The van der Waals surface area contributed by atoms with Crippen molar-refractivity contribution in [3.63, 3.8) is 0 Å². The third-order valence-electron chi connectivity index (χ3n) is 3.09. The first-order chi connectivity index (χ1) is 6.79. The Morgan fingerprint density at radius 3 is 2.86 bits per heavy atom. The molecule has 76 valence electrons. The SMILES string of the molecule is C[C@H]1CNCC[C@H]1c1ccccc1F. The molecule has 2 rings (SSSR count). The van der Waals surface area contributed by atoms with Crippen molar-refractivity contribution in [2.45, 2.75) is 19.3 Å². The lowest BCUT2D eigenvalue weighted by atomic mass is 9.82. The van der Waals surface area contributed by atoms with Crippen molar-refractivity contribution in [1.29, 1.82) is 0 Å². The van der Waals surface area contributed by atoms with E-state index in [9.17, 15) is 4.39 Å². The Balaban J connectivity index is 2.25. The normalized spacial score (nSPS) is 27.6. The molecule has 1 heterocycles. The topological polar surface area (TPSA) is 12.0 Å². The summed E-state index contributed by atoms with van der Waals surface area (Å²) in [6.07, 6.45) is 1.04. The average Bonchev–Trinajstić information content (AvgIpc) is 2.20. The zero-order chi connectivity index (χ0) is 9.97. The van der Waals surface area contributed by atoms with Crippen molar-refractivity contribution in [1.82, 2.24) is 5.32 Å². The van der Waals surface area contributed by atoms with Crippen LogP contribution in [-0.4, -0.2) is 13.1 Å². The molecular weight excluding hydrogens is 177 g/mol. The van der Waals surface area contributed by atoms with Crippen molar-refractivity contribution in [2.24, 2.45) is 5.92 Å². The largest absolute Gasteiger partial charge is 0.316 e. The number of benzene rings is 1. The van der Waals surface area contributed by atoms with Gasteiger partial charge in [0.25, 0.3) is 0 Å². The van der Waals surface area contributed by atoms with Crippen LogP contribution in [0.1, 0.15) is 24.8 Å². The third-order valence-corrected chi connectivity index (χ3v) is 3.09. The van der Waals surface area contributed by atoms with Gasteiger partial charge in [0.05, 0.1) is 0 Å². The van der Waals surface area contributed by atoms with Crippen LogP contribution in [0, 0.1) is 11.7 Å². The van der Waals surface area contributed by atoms with Crippen LogP contribution in [0.25, 0.3) is 0 Å². The van der Waals surface area contributed by atoms with Crippen LogP contribution in [0.15, 0.2) is 24.3 Å². The van der Waals surface area contributed by atoms with Crippen molar-refractivity contribution < 1.29 is 4.39 Å². The maximum absolute atomic E-state index is 13.5. The van der Waals surface area contributed by atoms with E-state index in [1.807, 2.05) is 12.1 Å². The summed E-state index contributed by atoms with van der Waals surface area (Å²) in [7, 11) is 0. The van der Waals surface area contributed by atoms with Gasteiger partial charge in [-0.05, 0) is 43.0 Å². The Morgan fingerprint density at radius 2 is 2.14 bits per heavy atom. The first-order valence-electron chi connectivity index (χ1n) is 5.24. The van der Waals surface area contributed by atoms with E-state index in [1.54, 1.807) is 12.1 Å². The smallest absolute Gasteiger partial charge is 0.126 e. The number of nitrogens with one attached hydrogen (secondary N) is 1. The van der Waals surface area contributed by atoms with Crippen LogP contribution >= 0.6 is 0 Å². The molecule has 0 radical (unpaired) electrons. The lowest BCUT2D eigenvalue weighted by Crippen LogP contribution is -2.34. The molecule has 1 N–H and O–H groups in total. The van der Waals surface area contributed by atoms with E-state index >= 15 is 0 Å². The third kappa shape index (κ3) is 1.80. The molecule has 0 unspecified atom stereocenters. The second-order valence-electron chi connectivity index (χ2n) is 4.10. The molecule has 0 saturated carbocycles. The van der Waals surface area contributed by atoms with E-state index in [2.05, 4.69) is 12.2 Å². The van der Waals surface area contributed by atoms with Crippen molar-refractivity contribution in [3.8, 4) is 0 Å². The minimum absolute atomic E-state index is 0.0498. The van der Waals surface area contributed by atoms with Crippen LogP contribution in [0.2, 0.25) is 0 Å². The summed E-state index contributed by atoms with van der Waals surface area (Å²) in [5.41, 5.74) is 0.890.